The molecule has 0 heterocycles. The van der Waals surface area contributed by atoms with Gasteiger partial charge >= 0.3 is 6.18 Å². The van der Waals surface area contributed by atoms with Gasteiger partial charge in [-0.25, -0.2) is 0 Å². The molecule has 2 atom stereocenters. The molecule has 2 nitrogen and oxygen atoms in total. The molecule has 0 bridgehead atoms. The van der Waals surface area contributed by atoms with Crippen molar-refractivity contribution in [3.8, 4) is 0 Å². The highest BCUT2D eigenvalue weighted by atomic mass is 19.4. The van der Waals surface area contributed by atoms with Crippen molar-refractivity contribution in [2.45, 2.75) is 37.5 Å². The minimum atomic E-state index is -4.11. The fourth-order valence-electron chi connectivity index (χ4n) is 2.06. The third-order valence-electron chi connectivity index (χ3n) is 3.07. The molecule has 0 spiro atoms. The third-order valence-corrected chi connectivity index (χ3v) is 3.07. The van der Waals surface area contributed by atoms with Crippen LogP contribution in [0.25, 0.3) is 0 Å². The number of hydrogen-bond donors (Lipinski definition) is 1. The third kappa shape index (κ3) is 2.39. The molecule has 0 amide bonds. The van der Waals surface area contributed by atoms with Crippen LogP contribution in [0.2, 0.25) is 0 Å². The first-order valence-electron chi connectivity index (χ1n) is 4.75. The largest absolute Gasteiger partial charge is 0.391 e. The van der Waals surface area contributed by atoms with E-state index in [-0.39, 0.29) is 19.4 Å². The van der Waals surface area contributed by atoms with Crippen molar-refractivity contribution < 1.29 is 17.9 Å². The van der Waals surface area contributed by atoms with E-state index < -0.39 is 17.7 Å². The fourth-order valence-corrected chi connectivity index (χ4v) is 2.06. The predicted molar refractivity (Wildman–Crippen MR) is 46.8 cm³/mol. The van der Waals surface area contributed by atoms with Crippen LogP contribution in [0.5, 0.6) is 0 Å². The molecule has 0 aromatic carbocycles. The Morgan fingerprint density at radius 3 is 2.57 bits per heavy atom. The Morgan fingerprint density at radius 2 is 2.14 bits per heavy atom. The maximum absolute atomic E-state index is 12.5. The highest BCUT2D eigenvalue weighted by Crippen LogP contribution is 2.42. The van der Waals surface area contributed by atoms with Gasteiger partial charge in [0, 0.05) is 13.7 Å². The maximum Gasteiger partial charge on any atom is 0.391 e. The van der Waals surface area contributed by atoms with Crippen LogP contribution in [-0.2, 0) is 4.74 Å². The second kappa shape index (κ2) is 4.06. The molecule has 0 aromatic rings. The normalized spacial score (nSPS) is 34.5. The fraction of sp³-hybridized carbons (Fsp3) is 1.00. The maximum atomic E-state index is 12.5. The molecule has 2 unspecified atom stereocenters. The first-order valence-corrected chi connectivity index (χ1v) is 4.75. The van der Waals surface area contributed by atoms with Gasteiger partial charge in [-0.3, -0.25) is 0 Å². The van der Waals surface area contributed by atoms with Crippen molar-refractivity contribution in [1.29, 1.82) is 0 Å². The van der Waals surface area contributed by atoms with E-state index in [4.69, 9.17) is 10.5 Å². The quantitative estimate of drug-likeness (QED) is 0.759. The van der Waals surface area contributed by atoms with Gasteiger partial charge in [0.2, 0.25) is 0 Å². The van der Waals surface area contributed by atoms with Crippen molar-refractivity contribution >= 4 is 0 Å². The van der Waals surface area contributed by atoms with Crippen molar-refractivity contribution in [2.24, 2.45) is 11.7 Å². The van der Waals surface area contributed by atoms with Gasteiger partial charge in [0.25, 0.3) is 0 Å². The summed E-state index contributed by atoms with van der Waals surface area (Å²) >= 11 is 0. The van der Waals surface area contributed by atoms with Crippen LogP contribution in [0, 0.1) is 5.92 Å². The van der Waals surface area contributed by atoms with Gasteiger partial charge in [-0.1, -0.05) is 0 Å². The van der Waals surface area contributed by atoms with E-state index in [1.165, 1.54) is 7.11 Å². The van der Waals surface area contributed by atoms with Crippen molar-refractivity contribution in [2.75, 3.05) is 13.7 Å². The van der Waals surface area contributed by atoms with Gasteiger partial charge in [-0.05, 0) is 25.7 Å². The zero-order valence-electron chi connectivity index (χ0n) is 8.23. The average molecular weight is 211 g/mol. The number of nitrogens with two attached hydrogens (primary N) is 1. The average Bonchev–Trinajstić information content (AvgIpc) is 2.16. The summed E-state index contributed by atoms with van der Waals surface area (Å²) in [6.45, 7) is 0.163. The molecule has 5 heteroatoms. The number of halogens is 3. The monoisotopic (exact) mass is 211 g/mol. The minimum Gasteiger partial charge on any atom is -0.377 e. The molecular weight excluding hydrogens is 195 g/mol. The predicted octanol–water partition coefficient (Wildman–Crippen LogP) is 2.08. The summed E-state index contributed by atoms with van der Waals surface area (Å²) in [6.07, 6.45) is -2.74. The van der Waals surface area contributed by atoms with Gasteiger partial charge in [0.05, 0.1) is 11.5 Å². The first-order chi connectivity index (χ1) is 6.43. The molecule has 2 N–H and O–H groups in total. The Labute approximate surface area is 81.6 Å². The molecule has 1 fully saturated rings. The number of hydrogen-bond acceptors (Lipinski definition) is 2. The SMILES string of the molecule is COC1(CN)CCCC(C(F)(F)F)C1. The van der Waals surface area contributed by atoms with E-state index in [9.17, 15) is 13.2 Å². The van der Waals surface area contributed by atoms with Crippen LogP contribution in [0.4, 0.5) is 13.2 Å². The van der Waals surface area contributed by atoms with E-state index in [1.54, 1.807) is 0 Å². The van der Waals surface area contributed by atoms with Crippen LogP contribution in [0.15, 0.2) is 0 Å². The second-order valence-electron chi connectivity index (χ2n) is 3.93. The lowest BCUT2D eigenvalue weighted by Gasteiger charge is -2.39. The van der Waals surface area contributed by atoms with E-state index in [1.807, 2.05) is 0 Å². The zero-order valence-corrected chi connectivity index (χ0v) is 8.23. The van der Waals surface area contributed by atoms with E-state index in [0.717, 1.165) is 0 Å². The molecule has 1 aliphatic rings. The Bertz CT molecular complexity index is 189. The van der Waals surface area contributed by atoms with Crippen LogP contribution in [0.1, 0.15) is 25.7 Å². The summed E-state index contributed by atoms with van der Waals surface area (Å²) in [5.74, 6) is -1.25. The molecular formula is C9H16F3NO. The highest BCUT2D eigenvalue weighted by molar-refractivity contribution is 4.90. The summed E-state index contributed by atoms with van der Waals surface area (Å²) in [5, 5.41) is 0. The standard InChI is InChI=1S/C9H16F3NO/c1-14-8(6-13)4-2-3-7(5-8)9(10,11)12/h7H,2-6,13H2,1H3. The van der Waals surface area contributed by atoms with Crippen LogP contribution in [-0.4, -0.2) is 25.4 Å². The lowest BCUT2D eigenvalue weighted by molar-refractivity contribution is -0.202. The molecule has 0 aliphatic heterocycles. The van der Waals surface area contributed by atoms with Gasteiger partial charge in [0.15, 0.2) is 0 Å². The summed E-state index contributed by atoms with van der Waals surface area (Å²) in [5.41, 5.74) is 4.71. The molecule has 0 saturated heterocycles. The molecule has 0 aromatic heterocycles. The Balaban J connectivity index is 2.68. The lowest BCUT2D eigenvalue weighted by Crippen LogP contribution is -2.46. The minimum absolute atomic E-state index is 0.00347. The Hall–Kier alpha value is -0.290. The first kappa shape index (κ1) is 11.8. The summed E-state index contributed by atoms with van der Waals surface area (Å²) in [6, 6.07) is 0. The zero-order chi connectivity index (χ0) is 10.8. The number of alkyl halides is 3. The smallest absolute Gasteiger partial charge is 0.377 e. The van der Waals surface area contributed by atoms with Gasteiger partial charge in [0.1, 0.15) is 0 Å². The van der Waals surface area contributed by atoms with Crippen LogP contribution in [0.3, 0.4) is 0 Å². The molecule has 14 heavy (non-hydrogen) atoms. The molecule has 84 valence electrons. The van der Waals surface area contributed by atoms with Gasteiger partial charge < -0.3 is 10.5 Å². The topological polar surface area (TPSA) is 35.2 Å². The summed E-state index contributed by atoms with van der Waals surface area (Å²) in [4.78, 5) is 0. The van der Waals surface area contributed by atoms with E-state index in [0.29, 0.717) is 12.8 Å². The summed E-state index contributed by atoms with van der Waals surface area (Å²) in [7, 11) is 1.44. The number of rotatable bonds is 2. The second-order valence-corrected chi connectivity index (χ2v) is 3.93. The number of ether oxygens (including phenoxy) is 1. The molecule has 1 saturated carbocycles. The molecule has 1 rings (SSSR count). The van der Waals surface area contributed by atoms with Crippen LogP contribution < -0.4 is 5.73 Å². The lowest BCUT2D eigenvalue weighted by atomic mass is 9.77. The Morgan fingerprint density at radius 1 is 1.50 bits per heavy atom. The van der Waals surface area contributed by atoms with Crippen molar-refractivity contribution in [1.82, 2.24) is 0 Å². The van der Waals surface area contributed by atoms with Crippen molar-refractivity contribution in [3.63, 3.8) is 0 Å². The number of methoxy groups -OCH3 is 1. The summed E-state index contributed by atoms with van der Waals surface area (Å²) < 4.78 is 42.5. The molecule has 0 radical (unpaired) electrons. The van der Waals surface area contributed by atoms with E-state index in [2.05, 4.69) is 0 Å². The highest BCUT2D eigenvalue weighted by Gasteiger charge is 2.47. The van der Waals surface area contributed by atoms with Crippen molar-refractivity contribution in [3.05, 3.63) is 0 Å². The Kier molecular flexibility index (Phi) is 3.42. The van der Waals surface area contributed by atoms with Gasteiger partial charge in [-0.2, -0.15) is 13.2 Å². The van der Waals surface area contributed by atoms with E-state index >= 15 is 0 Å². The van der Waals surface area contributed by atoms with Gasteiger partial charge in [-0.15, -0.1) is 0 Å². The molecule has 1 aliphatic carbocycles. The van der Waals surface area contributed by atoms with Crippen LogP contribution >= 0.6 is 0 Å².